The third kappa shape index (κ3) is 3.25. The van der Waals surface area contributed by atoms with Crippen LogP contribution in [0.25, 0.3) is 0 Å². The average molecular weight is 428 g/mol. The Bertz CT molecular complexity index is 139. The van der Waals surface area contributed by atoms with Crippen LogP contribution in [0.5, 0.6) is 0 Å². The predicted octanol–water partition coefficient (Wildman–Crippen LogP) is 4.47. The molecule has 1 saturated carbocycles. The lowest BCUT2D eigenvalue weighted by Gasteiger charge is -2.32. The van der Waals surface area contributed by atoms with E-state index >= 15 is 0 Å². The zero-order chi connectivity index (χ0) is 9.14. The second-order valence-electron chi connectivity index (χ2n) is 3.28. The van der Waals surface area contributed by atoms with Crippen molar-refractivity contribution in [3.05, 3.63) is 0 Å². The van der Waals surface area contributed by atoms with E-state index in [9.17, 15) is 0 Å². The number of halogens is 4. The van der Waals surface area contributed by atoms with Gasteiger partial charge in [0.15, 0.2) is 0 Å². The van der Waals surface area contributed by atoms with Crippen molar-refractivity contribution in [1.29, 1.82) is 0 Å². The fourth-order valence-electron chi connectivity index (χ4n) is 1.56. The van der Waals surface area contributed by atoms with Gasteiger partial charge in [0.25, 0.3) is 0 Å². The van der Waals surface area contributed by atoms with Crippen molar-refractivity contribution < 1.29 is 0 Å². The van der Waals surface area contributed by atoms with Crippen LogP contribution in [0.4, 0.5) is 0 Å². The van der Waals surface area contributed by atoms with Crippen molar-refractivity contribution in [2.75, 3.05) is 5.33 Å². The van der Waals surface area contributed by atoms with Gasteiger partial charge in [-0.3, -0.25) is 0 Å². The molecule has 4 heteroatoms. The summed E-state index contributed by atoms with van der Waals surface area (Å²) in [5, 5.41) is 1.06. The van der Waals surface area contributed by atoms with Gasteiger partial charge >= 0.3 is 0 Å². The van der Waals surface area contributed by atoms with E-state index in [1.54, 1.807) is 0 Å². The van der Waals surface area contributed by atoms with Gasteiger partial charge in [-0.15, -0.1) is 0 Å². The number of alkyl halides is 4. The van der Waals surface area contributed by atoms with Crippen molar-refractivity contribution >= 4 is 63.7 Å². The van der Waals surface area contributed by atoms with Crippen LogP contribution in [0.2, 0.25) is 0 Å². The van der Waals surface area contributed by atoms with Crippen LogP contribution < -0.4 is 0 Å². The molecule has 0 aromatic heterocycles. The van der Waals surface area contributed by atoms with Gasteiger partial charge in [-0.25, -0.2) is 0 Å². The van der Waals surface area contributed by atoms with Crippen molar-refractivity contribution in [2.45, 2.75) is 33.7 Å². The third-order valence-electron chi connectivity index (χ3n) is 2.39. The molecule has 0 bridgehead atoms. The van der Waals surface area contributed by atoms with Crippen molar-refractivity contribution in [3.8, 4) is 0 Å². The zero-order valence-corrected chi connectivity index (χ0v) is 13.0. The smallest absolute Gasteiger partial charge is 0.0274 e. The van der Waals surface area contributed by atoms with Crippen LogP contribution in [-0.2, 0) is 0 Å². The van der Waals surface area contributed by atoms with E-state index in [4.69, 9.17) is 0 Å². The summed E-state index contributed by atoms with van der Waals surface area (Å²) in [4.78, 5) is 1.96. The molecule has 0 N–H and O–H groups in total. The van der Waals surface area contributed by atoms with Crippen LogP contribution in [0.3, 0.4) is 0 Å². The first-order chi connectivity index (χ1) is 5.65. The van der Waals surface area contributed by atoms with Gasteiger partial charge in [-0.05, 0) is 25.2 Å². The quantitative estimate of drug-likeness (QED) is 0.570. The molecule has 1 fully saturated rings. The number of hydrogen-bond acceptors (Lipinski definition) is 0. The molecule has 4 atom stereocenters. The summed E-state index contributed by atoms with van der Waals surface area (Å²) in [6.07, 6.45) is 3.90. The number of hydrogen-bond donors (Lipinski definition) is 0. The van der Waals surface area contributed by atoms with Crippen molar-refractivity contribution in [1.82, 2.24) is 0 Å². The first-order valence-corrected chi connectivity index (χ1v) is 8.00. The summed E-state index contributed by atoms with van der Waals surface area (Å²) in [7, 11) is 0. The van der Waals surface area contributed by atoms with E-state index in [1.165, 1.54) is 19.3 Å². The minimum absolute atomic E-state index is 0.637. The van der Waals surface area contributed by atoms with E-state index in [-0.39, 0.29) is 0 Å². The average Bonchev–Trinajstić information content (AvgIpc) is 2.08. The van der Waals surface area contributed by atoms with Gasteiger partial charge in [0.2, 0.25) is 0 Å². The van der Waals surface area contributed by atoms with Crippen LogP contribution in [0.15, 0.2) is 0 Å². The van der Waals surface area contributed by atoms with Gasteiger partial charge in [0.1, 0.15) is 0 Å². The lowest BCUT2D eigenvalue weighted by atomic mass is 9.87. The van der Waals surface area contributed by atoms with Crippen LogP contribution in [-0.4, -0.2) is 19.8 Å². The molecule has 72 valence electrons. The van der Waals surface area contributed by atoms with Gasteiger partial charge in [-0.1, -0.05) is 63.7 Å². The Hall–Kier alpha value is 1.92. The first kappa shape index (κ1) is 12.0. The topological polar surface area (TPSA) is 0 Å². The Kier molecular flexibility index (Phi) is 5.71. The molecule has 0 spiro atoms. The Morgan fingerprint density at radius 2 is 1.83 bits per heavy atom. The Labute approximate surface area is 108 Å². The Morgan fingerprint density at radius 1 is 1.17 bits per heavy atom. The van der Waals surface area contributed by atoms with E-state index < -0.39 is 0 Å². The Balaban J connectivity index is 2.39. The molecule has 0 aromatic carbocycles. The van der Waals surface area contributed by atoms with Crippen LogP contribution in [0.1, 0.15) is 19.3 Å². The lowest BCUT2D eigenvalue weighted by Crippen LogP contribution is -2.30. The maximum Gasteiger partial charge on any atom is 0.0274 e. The fraction of sp³-hybridized carbons (Fsp3) is 1.00. The molecule has 1 aliphatic rings. The summed E-state index contributed by atoms with van der Waals surface area (Å²) in [5.74, 6) is 0.822. The van der Waals surface area contributed by atoms with Crippen molar-refractivity contribution in [3.63, 3.8) is 0 Å². The van der Waals surface area contributed by atoms with Gasteiger partial charge < -0.3 is 0 Å². The minimum Gasteiger partial charge on any atom is -0.0916 e. The highest BCUT2D eigenvalue weighted by Gasteiger charge is 2.30. The Morgan fingerprint density at radius 3 is 2.33 bits per heavy atom. The van der Waals surface area contributed by atoms with E-state index in [0.29, 0.717) is 14.5 Å². The molecular formula is C8H12Br4. The molecule has 0 aromatic rings. The number of rotatable bonds is 2. The second kappa shape index (κ2) is 5.72. The summed E-state index contributed by atoms with van der Waals surface area (Å²) < 4.78 is 0. The largest absolute Gasteiger partial charge is 0.0916 e. The normalized spacial score (nSPS) is 39.5. The lowest BCUT2D eigenvalue weighted by molar-refractivity contribution is 0.383. The summed E-state index contributed by atoms with van der Waals surface area (Å²) in [5.41, 5.74) is 0. The summed E-state index contributed by atoms with van der Waals surface area (Å²) >= 11 is 14.6. The molecule has 0 heterocycles. The van der Waals surface area contributed by atoms with Gasteiger partial charge in [0.05, 0.1) is 0 Å². The SMILES string of the molecule is BrC[C@@H](Br)[C@H]1CC[C@@H](Br)[C@H](Br)C1. The molecule has 1 aliphatic carbocycles. The standard InChI is InChI=1S/C8H12Br4/c9-4-8(12)5-1-2-6(10)7(11)3-5/h5-8H,1-4H2/t5-,6+,7+,8+/m0/s1. The second-order valence-corrected chi connectivity index (χ2v) is 7.45. The van der Waals surface area contributed by atoms with Crippen LogP contribution in [0, 0.1) is 5.92 Å². The monoisotopic (exact) mass is 424 g/mol. The summed E-state index contributed by atoms with van der Waals surface area (Å²) in [6, 6.07) is 0. The molecule has 0 saturated heterocycles. The van der Waals surface area contributed by atoms with Crippen molar-refractivity contribution in [2.24, 2.45) is 5.92 Å². The zero-order valence-electron chi connectivity index (χ0n) is 6.65. The highest BCUT2D eigenvalue weighted by atomic mass is 79.9. The molecule has 1 rings (SSSR count). The fourth-order valence-corrected chi connectivity index (χ4v) is 3.80. The summed E-state index contributed by atoms with van der Waals surface area (Å²) in [6.45, 7) is 0. The molecule has 0 aliphatic heterocycles. The minimum atomic E-state index is 0.637. The van der Waals surface area contributed by atoms with Gasteiger partial charge in [0, 0.05) is 19.8 Å². The predicted molar refractivity (Wildman–Crippen MR) is 69.3 cm³/mol. The molecular weight excluding hydrogens is 416 g/mol. The molecule has 0 radical (unpaired) electrons. The van der Waals surface area contributed by atoms with Crippen LogP contribution >= 0.6 is 63.7 Å². The van der Waals surface area contributed by atoms with E-state index in [0.717, 1.165) is 11.2 Å². The maximum absolute atomic E-state index is 3.71. The highest BCUT2D eigenvalue weighted by Crippen LogP contribution is 2.37. The molecule has 0 amide bonds. The molecule has 12 heavy (non-hydrogen) atoms. The third-order valence-corrected chi connectivity index (χ3v) is 7.85. The maximum atomic E-state index is 3.71. The van der Waals surface area contributed by atoms with E-state index in [1.807, 2.05) is 0 Å². The van der Waals surface area contributed by atoms with E-state index in [2.05, 4.69) is 63.7 Å². The molecule has 0 unspecified atom stereocenters. The first-order valence-electron chi connectivity index (χ1n) is 4.13. The highest BCUT2D eigenvalue weighted by molar-refractivity contribution is 9.12. The van der Waals surface area contributed by atoms with Gasteiger partial charge in [-0.2, -0.15) is 0 Å². The molecule has 0 nitrogen and oxygen atoms in total.